The second kappa shape index (κ2) is 6.71. The first-order valence-electron chi connectivity index (χ1n) is 5.67. The minimum Gasteiger partial charge on any atom is -0.496 e. The third kappa shape index (κ3) is 3.99. The summed E-state index contributed by atoms with van der Waals surface area (Å²) in [6.07, 6.45) is 2.17. The van der Waals surface area contributed by atoms with Gasteiger partial charge in [0, 0.05) is 16.3 Å². The summed E-state index contributed by atoms with van der Waals surface area (Å²) in [4.78, 5) is 1.35. The Hall–Kier alpha value is -0.800. The molecule has 0 fully saturated rings. The largest absolute Gasteiger partial charge is 0.496 e. The number of allylic oxidation sites excluding steroid dienone is 1. The Labute approximate surface area is 102 Å². The molecule has 1 atom stereocenters. The molecule has 0 aliphatic rings. The molecule has 0 spiro atoms. The average Bonchev–Trinajstić information content (AvgIpc) is 2.72. The van der Waals surface area contributed by atoms with Gasteiger partial charge in [0.25, 0.3) is 0 Å². The molecule has 1 aromatic rings. The van der Waals surface area contributed by atoms with Crippen LogP contribution in [0.1, 0.15) is 37.6 Å². The molecule has 0 saturated heterocycles. The zero-order chi connectivity index (χ0) is 12.0. The van der Waals surface area contributed by atoms with Gasteiger partial charge in [-0.3, -0.25) is 0 Å². The van der Waals surface area contributed by atoms with E-state index in [1.807, 2.05) is 0 Å². The molecule has 2 nitrogen and oxygen atoms in total. The summed E-state index contributed by atoms with van der Waals surface area (Å²) in [6, 6.07) is 2.55. The number of hydrogen-bond acceptors (Lipinski definition) is 3. The van der Waals surface area contributed by atoms with Gasteiger partial charge in [-0.15, -0.1) is 17.9 Å². The summed E-state index contributed by atoms with van der Waals surface area (Å²) in [7, 11) is 1.71. The molecular weight excluding hydrogens is 218 g/mol. The average molecular weight is 239 g/mol. The maximum Gasteiger partial charge on any atom is 0.129 e. The van der Waals surface area contributed by atoms with Crippen LogP contribution in [0.3, 0.4) is 0 Å². The lowest BCUT2D eigenvalue weighted by Crippen LogP contribution is -2.19. The van der Waals surface area contributed by atoms with Gasteiger partial charge in [0.1, 0.15) is 5.75 Å². The Morgan fingerprint density at radius 2 is 2.38 bits per heavy atom. The smallest absolute Gasteiger partial charge is 0.129 e. The topological polar surface area (TPSA) is 21.3 Å². The lowest BCUT2D eigenvalue weighted by atomic mass is 10.1. The van der Waals surface area contributed by atoms with Crippen LogP contribution in [0, 0.1) is 0 Å². The first kappa shape index (κ1) is 13.3. The Bertz CT molecular complexity index is 332. The van der Waals surface area contributed by atoms with Crippen molar-refractivity contribution in [2.45, 2.75) is 32.7 Å². The predicted octanol–water partition coefficient (Wildman–Crippen LogP) is 3.76. The highest BCUT2D eigenvalue weighted by molar-refractivity contribution is 7.10. The summed E-state index contributed by atoms with van der Waals surface area (Å²) >= 11 is 1.76. The second-order valence-electron chi connectivity index (χ2n) is 3.99. The van der Waals surface area contributed by atoms with Gasteiger partial charge in [0.05, 0.1) is 7.11 Å². The Morgan fingerprint density at radius 1 is 1.62 bits per heavy atom. The van der Waals surface area contributed by atoms with Crippen molar-refractivity contribution < 1.29 is 4.74 Å². The molecule has 3 heteroatoms. The van der Waals surface area contributed by atoms with Crippen LogP contribution in [0.5, 0.6) is 5.75 Å². The predicted molar refractivity (Wildman–Crippen MR) is 71.3 cm³/mol. The molecule has 1 aromatic heterocycles. The SMILES string of the molecule is C=C(C)CCC(NCC)c1cc(OC)cs1. The lowest BCUT2D eigenvalue weighted by molar-refractivity contribution is 0.415. The monoisotopic (exact) mass is 239 g/mol. The van der Waals surface area contributed by atoms with Crippen LogP contribution in [0.15, 0.2) is 23.6 Å². The third-order valence-corrected chi connectivity index (χ3v) is 3.51. The first-order chi connectivity index (χ1) is 7.67. The Balaban J connectivity index is 2.64. The maximum atomic E-state index is 5.21. The summed E-state index contributed by atoms with van der Waals surface area (Å²) in [5, 5.41) is 5.56. The Morgan fingerprint density at radius 3 is 2.88 bits per heavy atom. The highest BCUT2D eigenvalue weighted by Gasteiger charge is 2.12. The van der Waals surface area contributed by atoms with Gasteiger partial charge in [-0.05, 0) is 32.4 Å². The van der Waals surface area contributed by atoms with Gasteiger partial charge in [-0.1, -0.05) is 12.5 Å². The highest BCUT2D eigenvalue weighted by Crippen LogP contribution is 2.29. The first-order valence-corrected chi connectivity index (χ1v) is 6.55. The number of nitrogens with one attached hydrogen (secondary N) is 1. The van der Waals surface area contributed by atoms with Gasteiger partial charge in [-0.2, -0.15) is 0 Å². The second-order valence-corrected chi connectivity index (χ2v) is 4.94. The van der Waals surface area contributed by atoms with Crippen molar-refractivity contribution in [3.8, 4) is 5.75 Å². The third-order valence-electron chi connectivity index (χ3n) is 2.49. The molecule has 0 saturated carbocycles. The van der Waals surface area contributed by atoms with Crippen LogP contribution in [0.4, 0.5) is 0 Å². The maximum absolute atomic E-state index is 5.21. The van der Waals surface area contributed by atoms with Crippen molar-refractivity contribution in [2.75, 3.05) is 13.7 Å². The van der Waals surface area contributed by atoms with Crippen molar-refractivity contribution in [3.63, 3.8) is 0 Å². The van der Waals surface area contributed by atoms with Crippen molar-refractivity contribution in [2.24, 2.45) is 0 Å². The fourth-order valence-electron chi connectivity index (χ4n) is 1.61. The molecule has 1 unspecified atom stereocenters. The van der Waals surface area contributed by atoms with E-state index < -0.39 is 0 Å². The van der Waals surface area contributed by atoms with Gasteiger partial charge >= 0.3 is 0 Å². The summed E-state index contributed by atoms with van der Waals surface area (Å²) in [6.45, 7) is 9.16. The molecule has 1 rings (SSSR count). The number of thiophene rings is 1. The highest BCUT2D eigenvalue weighted by atomic mass is 32.1. The molecule has 90 valence electrons. The molecule has 0 aromatic carbocycles. The van der Waals surface area contributed by atoms with Crippen molar-refractivity contribution >= 4 is 11.3 Å². The van der Waals surface area contributed by atoms with Gasteiger partial charge in [0.15, 0.2) is 0 Å². The van der Waals surface area contributed by atoms with Crippen LogP contribution in [0.25, 0.3) is 0 Å². The van der Waals surface area contributed by atoms with E-state index in [4.69, 9.17) is 4.74 Å². The van der Waals surface area contributed by atoms with Crippen LogP contribution in [-0.4, -0.2) is 13.7 Å². The number of hydrogen-bond donors (Lipinski definition) is 1. The van der Waals surface area contributed by atoms with Gasteiger partial charge in [0.2, 0.25) is 0 Å². The fraction of sp³-hybridized carbons (Fsp3) is 0.538. The molecule has 1 N–H and O–H groups in total. The zero-order valence-electron chi connectivity index (χ0n) is 10.4. The Kier molecular flexibility index (Phi) is 5.56. The van der Waals surface area contributed by atoms with Crippen LogP contribution in [-0.2, 0) is 0 Å². The lowest BCUT2D eigenvalue weighted by Gasteiger charge is -2.16. The van der Waals surface area contributed by atoms with Crippen LogP contribution in [0.2, 0.25) is 0 Å². The summed E-state index contributed by atoms with van der Waals surface area (Å²) < 4.78 is 5.21. The standard InChI is InChI=1S/C13H21NOS/c1-5-14-12(7-6-10(2)3)13-8-11(15-4)9-16-13/h8-9,12,14H,2,5-7H2,1,3-4H3. The van der Waals surface area contributed by atoms with Crippen molar-refractivity contribution in [3.05, 3.63) is 28.5 Å². The minimum atomic E-state index is 0.426. The molecular formula is C13H21NOS. The molecule has 0 amide bonds. The van der Waals surface area contributed by atoms with Crippen LogP contribution < -0.4 is 10.1 Å². The molecule has 0 aliphatic carbocycles. The van der Waals surface area contributed by atoms with E-state index in [9.17, 15) is 0 Å². The van der Waals surface area contributed by atoms with E-state index in [0.29, 0.717) is 6.04 Å². The van der Waals surface area contributed by atoms with Crippen LogP contribution >= 0.6 is 11.3 Å². The van der Waals surface area contributed by atoms with E-state index in [1.54, 1.807) is 18.4 Å². The van der Waals surface area contributed by atoms with E-state index >= 15 is 0 Å². The molecule has 0 radical (unpaired) electrons. The van der Waals surface area contributed by atoms with Gasteiger partial charge in [-0.25, -0.2) is 0 Å². The van der Waals surface area contributed by atoms with Crippen molar-refractivity contribution in [1.82, 2.24) is 5.32 Å². The minimum absolute atomic E-state index is 0.426. The normalized spacial score (nSPS) is 12.4. The van der Waals surface area contributed by atoms with E-state index in [0.717, 1.165) is 25.1 Å². The number of methoxy groups -OCH3 is 1. The fourth-order valence-corrected chi connectivity index (χ4v) is 2.57. The van der Waals surface area contributed by atoms with Gasteiger partial charge < -0.3 is 10.1 Å². The van der Waals surface area contributed by atoms with E-state index in [-0.39, 0.29) is 0 Å². The molecule has 0 aliphatic heterocycles. The summed E-state index contributed by atoms with van der Waals surface area (Å²) in [5.41, 5.74) is 1.24. The summed E-state index contributed by atoms with van der Waals surface area (Å²) in [5.74, 6) is 0.957. The molecule has 0 bridgehead atoms. The van der Waals surface area contributed by atoms with E-state index in [1.165, 1.54) is 10.5 Å². The molecule has 16 heavy (non-hydrogen) atoms. The molecule has 1 heterocycles. The number of rotatable bonds is 7. The number of ether oxygens (including phenoxy) is 1. The zero-order valence-corrected chi connectivity index (χ0v) is 11.2. The van der Waals surface area contributed by atoms with Crippen molar-refractivity contribution in [1.29, 1.82) is 0 Å². The quantitative estimate of drug-likeness (QED) is 0.731. The van der Waals surface area contributed by atoms with E-state index in [2.05, 4.69) is 37.2 Å².